The third kappa shape index (κ3) is 3.36. The number of rotatable bonds is 5. The Hall–Kier alpha value is -1.36. The highest BCUT2D eigenvalue weighted by Crippen LogP contribution is 2.02. The van der Waals surface area contributed by atoms with E-state index in [0.717, 1.165) is 18.5 Å². The van der Waals surface area contributed by atoms with Crippen LogP contribution in [0, 0.1) is 0 Å². The highest BCUT2D eigenvalue weighted by molar-refractivity contribution is 5.75. The van der Waals surface area contributed by atoms with Gasteiger partial charge in [-0.05, 0) is 12.0 Å². The van der Waals surface area contributed by atoms with Crippen molar-refractivity contribution in [3.8, 4) is 0 Å². The van der Waals surface area contributed by atoms with Crippen molar-refractivity contribution in [2.45, 2.75) is 32.4 Å². The lowest BCUT2D eigenvalue weighted by Gasteiger charge is -2.06. The summed E-state index contributed by atoms with van der Waals surface area (Å²) in [6, 6.07) is -0.603. The number of esters is 1. The third-order valence-corrected chi connectivity index (χ3v) is 2.10. The van der Waals surface area contributed by atoms with Crippen LogP contribution in [0.15, 0.2) is 12.4 Å². The Bertz CT molecular complexity index is 322. The summed E-state index contributed by atoms with van der Waals surface area (Å²) in [4.78, 5) is 11.1. The molecule has 0 saturated heterocycles. The SMILES string of the molecule is CCCn1cc(CC(N)C(=O)OC)cn1. The van der Waals surface area contributed by atoms with Crippen molar-refractivity contribution in [2.24, 2.45) is 5.73 Å². The van der Waals surface area contributed by atoms with Crippen molar-refractivity contribution < 1.29 is 9.53 Å². The Kier molecular flexibility index (Phi) is 4.30. The van der Waals surface area contributed by atoms with E-state index in [4.69, 9.17) is 5.73 Å². The molecule has 5 heteroatoms. The molecule has 0 amide bonds. The molecule has 0 spiro atoms. The van der Waals surface area contributed by atoms with Gasteiger partial charge in [-0.15, -0.1) is 0 Å². The Balaban J connectivity index is 2.53. The molecule has 0 aliphatic rings. The number of aromatic nitrogens is 2. The van der Waals surface area contributed by atoms with Gasteiger partial charge < -0.3 is 10.5 Å². The van der Waals surface area contributed by atoms with Crippen molar-refractivity contribution >= 4 is 5.97 Å². The summed E-state index contributed by atoms with van der Waals surface area (Å²) in [6.07, 6.45) is 5.14. The van der Waals surface area contributed by atoms with Crippen LogP contribution in [-0.2, 0) is 22.5 Å². The topological polar surface area (TPSA) is 70.1 Å². The zero-order valence-corrected chi connectivity index (χ0v) is 9.14. The van der Waals surface area contributed by atoms with E-state index < -0.39 is 12.0 Å². The summed E-state index contributed by atoms with van der Waals surface area (Å²) in [5, 5.41) is 4.15. The second kappa shape index (κ2) is 5.50. The molecule has 15 heavy (non-hydrogen) atoms. The molecule has 1 unspecified atom stereocenters. The minimum atomic E-state index is -0.603. The number of methoxy groups -OCH3 is 1. The minimum absolute atomic E-state index is 0.391. The Morgan fingerprint density at radius 3 is 3.07 bits per heavy atom. The van der Waals surface area contributed by atoms with Gasteiger partial charge in [0.05, 0.1) is 13.3 Å². The van der Waals surface area contributed by atoms with Crippen molar-refractivity contribution in [1.82, 2.24) is 9.78 Å². The van der Waals surface area contributed by atoms with Crippen LogP contribution in [0.1, 0.15) is 18.9 Å². The van der Waals surface area contributed by atoms with Gasteiger partial charge in [0.1, 0.15) is 6.04 Å². The molecule has 1 heterocycles. The van der Waals surface area contributed by atoms with Gasteiger partial charge in [-0.2, -0.15) is 5.10 Å². The molecule has 1 rings (SSSR count). The molecule has 1 aromatic heterocycles. The van der Waals surface area contributed by atoms with Gasteiger partial charge in [0.15, 0.2) is 0 Å². The van der Waals surface area contributed by atoms with Gasteiger partial charge in [-0.1, -0.05) is 6.92 Å². The molecule has 5 nitrogen and oxygen atoms in total. The van der Waals surface area contributed by atoms with Gasteiger partial charge in [0, 0.05) is 19.2 Å². The molecule has 84 valence electrons. The fourth-order valence-corrected chi connectivity index (χ4v) is 1.35. The number of nitrogens with zero attached hydrogens (tertiary/aromatic N) is 2. The predicted molar refractivity (Wildman–Crippen MR) is 56.2 cm³/mol. The molecule has 0 radical (unpaired) electrons. The van der Waals surface area contributed by atoms with E-state index in [-0.39, 0.29) is 0 Å². The van der Waals surface area contributed by atoms with E-state index in [0.29, 0.717) is 6.42 Å². The Labute approximate surface area is 89.2 Å². The maximum atomic E-state index is 11.1. The first kappa shape index (κ1) is 11.7. The van der Waals surface area contributed by atoms with E-state index in [2.05, 4.69) is 16.8 Å². The molecule has 1 aromatic rings. The molecule has 0 bridgehead atoms. The van der Waals surface area contributed by atoms with Crippen LogP contribution >= 0.6 is 0 Å². The molecular weight excluding hydrogens is 194 g/mol. The van der Waals surface area contributed by atoms with Crippen molar-refractivity contribution in [3.05, 3.63) is 18.0 Å². The number of hydrogen-bond donors (Lipinski definition) is 1. The zero-order chi connectivity index (χ0) is 11.3. The Morgan fingerprint density at radius 1 is 1.73 bits per heavy atom. The van der Waals surface area contributed by atoms with Crippen molar-refractivity contribution in [2.75, 3.05) is 7.11 Å². The first-order valence-electron chi connectivity index (χ1n) is 5.02. The maximum Gasteiger partial charge on any atom is 0.322 e. The molecule has 2 N–H and O–H groups in total. The highest BCUT2D eigenvalue weighted by Gasteiger charge is 2.14. The first-order chi connectivity index (χ1) is 7.17. The standard InChI is InChI=1S/C10H17N3O2/c1-3-4-13-7-8(6-12-13)5-9(11)10(14)15-2/h6-7,9H,3-5,11H2,1-2H3. The van der Waals surface area contributed by atoms with Crippen LogP contribution in [0.2, 0.25) is 0 Å². The smallest absolute Gasteiger partial charge is 0.322 e. The fourth-order valence-electron chi connectivity index (χ4n) is 1.35. The van der Waals surface area contributed by atoms with Gasteiger partial charge >= 0.3 is 5.97 Å². The quantitative estimate of drug-likeness (QED) is 0.713. The Morgan fingerprint density at radius 2 is 2.47 bits per heavy atom. The van der Waals surface area contributed by atoms with Crippen LogP contribution < -0.4 is 5.73 Å². The summed E-state index contributed by atoms with van der Waals surface area (Å²) < 4.78 is 6.39. The number of ether oxygens (including phenoxy) is 1. The lowest BCUT2D eigenvalue weighted by Crippen LogP contribution is -2.33. The lowest BCUT2D eigenvalue weighted by atomic mass is 10.1. The minimum Gasteiger partial charge on any atom is -0.468 e. The predicted octanol–water partition coefficient (Wildman–Crippen LogP) is 0.336. The van der Waals surface area contributed by atoms with Crippen LogP contribution in [0.25, 0.3) is 0 Å². The molecule has 0 fully saturated rings. The average molecular weight is 211 g/mol. The number of aryl methyl sites for hydroxylation is 1. The fraction of sp³-hybridized carbons (Fsp3) is 0.600. The van der Waals surface area contributed by atoms with Crippen molar-refractivity contribution in [1.29, 1.82) is 0 Å². The molecular formula is C10H17N3O2. The van der Waals surface area contributed by atoms with Crippen LogP contribution in [0.3, 0.4) is 0 Å². The van der Waals surface area contributed by atoms with Crippen LogP contribution in [-0.4, -0.2) is 28.9 Å². The van der Waals surface area contributed by atoms with Gasteiger partial charge in [-0.3, -0.25) is 9.48 Å². The van der Waals surface area contributed by atoms with E-state index in [9.17, 15) is 4.79 Å². The largest absolute Gasteiger partial charge is 0.468 e. The number of carbonyl (C=O) groups is 1. The van der Waals surface area contributed by atoms with Crippen molar-refractivity contribution in [3.63, 3.8) is 0 Å². The highest BCUT2D eigenvalue weighted by atomic mass is 16.5. The van der Waals surface area contributed by atoms with E-state index in [1.165, 1.54) is 7.11 Å². The normalized spacial score (nSPS) is 12.5. The lowest BCUT2D eigenvalue weighted by molar-refractivity contribution is -0.142. The number of carbonyl (C=O) groups excluding carboxylic acids is 1. The van der Waals surface area contributed by atoms with Gasteiger partial charge in [-0.25, -0.2) is 0 Å². The van der Waals surface area contributed by atoms with E-state index >= 15 is 0 Å². The molecule has 0 aliphatic carbocycles. The summed E-state index contributed by atoms with van der Waals surface area (Å²) in [5.74, 6) is -0.391. The first-order valence-corrected chi connectivity index (χ1v) is 5.02. The zero-order valence-electron chi connectivity index (χ0n) is 9.14. The molecule has 1 atom stereocenters. The van der Waals surface area contributed by atoms with E-state index in [1.807, 2.05) is 10.9 Å². The van der Waals surface area contributed by atoms with E-state index in [1.54, 1.807) is 6.20 Å². The van der Waals surface area contributed by atoms with Gasteiger partial charge in [0.25, 0.3) is 0 Å². The molecule has 0 aliphatic heterocycles. The van der Waals surface area contributed by atoms with Gasteiger partial charge in [0.2, 0.25) is 0 Å². The number of nitrogens with two attached hydrogens (primary N) is 1. The van der Waals surface area contributed by atoms with Crippen LogP contribution in [0.5, 0.6) is 0 Å². The summed E-state index contributed by atoms with van der Waals surface area (Å²) in [6.45, 7) is 2.97. The van der Waals surface area contributed by atoms with Crippen LogP contribution in [0.4, 0.5) is 0 Å². The monoisotopic (exact) mass is 211 g/mol. The molecule has 0 saturated carbocycles. The maximum absolute atomic E-state index is 11.1. The number of hydrogen-bond acceptors (Lipinski definition) is 4. The second-order valence-corrected chi connectivity index (χ2v) is 3.45. The average Bonchev–Trinajstić information content (AvgIpc) is 2.65. The summed E-state index contributed by atoms with van der Waals surface area (Å²) in [7, 11) is 1.34. The second-order valence-electron chi connectivity index (χ2n) is 3.45. The summed E-state index contributed by atoms with van der Waals surface area (Å²) >= 11 is 0. The third-order valence-electron chi connectivity index (χ3n) is 2.10. The summed E-state index contributed by atoms with van der Waals surface area (Å²) in [5.41, 5.74) is 6.59. The molecule has 0 aromatic carbocycles.